The zero-order valence-electron chi connectivity index (χ0n) is 36.6. The highest BCUT2D eigenvalue weighted by atomic mass is 16.8. The minimum atomic E-state index is -2.38. The molecule has 1 saturated heterocycles. The average Bonchev–Trinajstić information content (AvgIpc) is 3.28. The van der Waals surface area contributed by atoms with Crippen molar-refractivity contribution < 1.29 is 72.1 Å². The number of carbonyl (C=O) groups excluding carboxylic acids is 6. The number of nitrogens with one attached hydrogen (secondary N) is 1. The molecule has 16 heteroatoms. The van der Waals surface area contributed by atoms with E-state index >= 15 is 4.79 Å². The molecule has 1 aliphatic heterocycles. The van der Waals surface area contributed by atoms with E-state index in [9.17, 15) is 34.2 Å². The lowest BCUT2D eigenvalue weighted by Gasteiger charge is -2.67. The fourth-order valence-corrected chi connectivity index (χ4v) is 10.4. The Kier molecular flexibility index (Phi) is 12.6. The number of fused-ring (bicyclic) bond motifs is 5. The molecule has 0 unspecified atom stereocenters. The summed E-state index contributed by atoms with van der Waals surface area (Å²) < 4.78 is 41.6. The Hall–Kier alpha value is -5.94. The van der Waals surface area contributed by atoms with Crippen molar-refractivity contribution in [1.82, 2.24) is 5.32 Å². The van der Waals surface area contributed by atoms with Crippen LogP contribution in [0.2, 0.25) is 0 Å². The highest BCUT2D eigenvalue weighted by molar-refractivity contribution is 5.96. The fourth-order valence-electron chi connectivity index (χ4n) is 10.4. The van der Waals surface area contributed by atoms with Crippen LogP contribution in [-0.2, 0) is 47.5 Å². The second-order valence-electron chi connectivity index (χ2n) is 17.5. The summed E-state index contributed by atoms with van der Waals surface area (Å²) in [7, 11) is 2.47. The van der Waals surface area contributed by atoms with Crippen LogP contribution in [0.25, 0.3) is 0 Å². The summed E-state index contributed by atoms with van der Waals surface area (Å²) in [6.45, 7) is 7.03. The third-order valence-corrected chi connectivity index (χ3v) is 13.8. The molecule has 16 nitrogen and oxygen atoms in total. The van der Waals surface area contributed by atoms with Crippen molar-refractivity contribution in [3.63, 3.8) is 0 Å². The van der Waals surface area contributed by atoms with Crippen LogP contribution in [0.1, 0.15) is 79.8 Å². The third kappa shape index (κ3) is 7.65. The van der Waals surface area contributed by atoms with Gasteiger partial charge in [-0.1, -0.05) is 80.6 Å². The first-order chi connectivity index (χ1) is 30.3. The Labute approximate surface area is 370 Å². The van der Waals surface area contributed by atoms with E-state index in [1.54, 1.807) is 99.6 Å². The molecule has 3 N–H and O–H groups in total. The SMILES string of the molecule is COC(=O)O[C@@]12CO[C@@H]1C[C@H](OC)[C@@]1(C)C(=O)[C@H](OC(C)=O)C3=C(C)[C@@H](OC(=O)[C@H](O)[C@@H](NC(=O)c4ccccc4)c4ccccc4)C[C@@](O)([C@@H](OC(=O)c4ccccc4)[C@H]21)C3(C)C. The van der Waals surface area contributed by atoms with Crippen LogP contribution in [0.15, 0.2) is 102 Å². The number of Topliss-reactive ketones (excluding diaryl/α,β-unsaturated/α-hetero) is 1. The summed E-state index contributed by atoms with van der Waals surface area (Å²) in [4.78, 5) is 84.3. The number of ether oxygens (including phenoxy) is 7. The summed E-state index contributed by atoms with van der Waals surface area (Å²) in [6.07, 6.45) is -10.8. The molecule has 0 aromatic heterocycles. The van der Waals surface area contributed by atoms with Gasteiger partial charge in [0.25, 0.3) is 5.91 Å². The molecule has 0 spiro atoms. The number of aliphatic hydroxyl groups is 2. The first kappa shape index (κ1) is 46.1. The van der Waals surface area contributed by atoms with Crippen molar-refractivity contribution in [3.05, 3.63) is 119 Å². The Morgan fingerprint density at radius 1 is 0.844 bits per heavy atom. The molecule has 3 aromatic rings. The number of ketones is 1. The molecule has 7 rings (SSSR count). The molecule has 2 saturated carbocycles. The predicted molar refractivity (Wildman–Crippen MR) is 224 cm³/mol. The minimum absolute atomic E-state index is 0.0141. The molecule has 64 heavy (non-hydrogen) atoms. The summed E-state index contributed by atoms with van der Waals surface area (Å²) in [6, 6.07) is 23.1. The number of carbonyl (C=O) groups is 6. The Morgan fingerprint density at radius 3 is 1.98 bits per heavy atom. The van der Waals surface area contributed by atoms with E-state index in [0.29, 0.717) is 5.56 Å². The lowest BCUT2D eigenvalue weighted by atomic mass is 9.44. The molecule has 11 atom stereocenters. The van der Waals surface area contributed by atoms with Gasteiger partial charge in [-0.15, -0.1) is 0 Å². The van der Waals surface area contributed by atoms with Gasteiger partial charge >= 0.3 is 24.1 Å². The quantitative estimate of drug-likeness (QED) is 0.136. The number of amides is 1. The standard InChI is InChI=1S/C48H53NO15/c1-26-31(62-43(55)36(51)35(28-17-11-8-12-18-28)49-41(53)29-19-13-9-14-20-29)24-48(57)40(63-42(54)30-21-15-10-16-22-30)38-46(5,39(52)37(61-27(2)50)34(26)45(48,3)4)32(58-6)23-33-47(38,25-60-33)64-44(56)59-7/h8-22,31-33,35-38,40,51,57H,23-25H2,1-7H3,(H,49,53)/t31-,32-,33+,35-,36+,37+,38-,40-,46+,47-,48+/m0/s1. The topological polar surface area (TPSA) is 220 Å². The Morgan fingerprint density at radius 2 is 1.44 bits per heavy atom. The van der Waals surface area contributed by atoms with Crippen LogP contribution >= 0.6 is 0 Å². The summed E-state index contributed by atoms with van der Waals surface area (Å²) in [5, 5.41) is 28.4. The molecule has 1 amide bonds. The van der Waals surface area contributed by atoms with Crippen LogP contribution in [0, 0.1) is 16.7 Å². The number of hydrogen-bond donors (Lipinski definition) is 3. The zero-order chi connectivity index (χ0) is 46.4. The lowest BCUT2D eigenvalue weighted by molar-refractivity contribution is -0.345. The van der Waals surface area contributed by atoms with Crippen LogP contribution in [-0.4, -0.2) is 115 Å². The van der Waals surface area contributed by atoms with Gasteiger partial charge in [0.15, 0.2) is 23.6 Å². The monoisotopic (exact) mass is 883 g/mol. The first-order valence-electron chi connectivity index (χ1n) is 21.0. The van der Waals surface area contributed by atoms with E-state index in [1.807, 2.05) is 0 Å². The number of methoxy groups -OCH3 is 2. The Bertz CT molecular complexity index is 2320. The molecule has 2 bridgehead atoms. The lowest BCUT2D eigenvalue weighted by Crippen LogP contribution is -2.82. The number of hydrogen-bond acceptors (Lipinski definition) is 15. The summed E-state index contributed by atoms with van der Waals surface area (Å²) in [5.41, 5.74) is -6.78. The normalized spacial score (nSPS) is 31.2. The molecule has 4 aliphatic rings. The van der Waals surface area contributed by atoms with Gasteiger partial charge in [0.05, 0.1) is 42.8 Å². The van der Waals surface area contributed by atoms with Gasteiger partial charge in [-0.25, -0.2) is 14.4 Å². The van der Waals surface area contributed by atoms with Crippen molar-refractivity contribution in [2.75, 3.05) is 20.8 Å². The third-order valence-electron chi connectivity index (χ3n) is 13.8. The molecule has 0 radical (unpaired) electrons. The van der Waals surface area contributed by atoms with Gasteiger partial charge in [0, 0.05) is 37.9 Å². The molecule has 3 fully saturated rings. The van der Waals surface area contributed by atoms with E-state index in [4.69, 9.17) is 33.2 Å². The predicted octanol–water partition coefficient (Wildman–Crippen LogP) is 4.61. The second-order valence-corrected chi connectivity index (χ2v) is 17.5. The highest BCUT2D eigenvalue weighted by Crippen LogP contribution is 2.65. The van der Waals surface area contributed by atoms with Crippen LogP contribution in [0.5, 0.6) is 0 Å². The molecule has 340 valence electrons. The van der Waals surface area contributed by atoms with Crippen molar-refractivity contribution in [1.29, 1.82) is 0 Å². The van der Waals surface area contributed by atoms with Gasteiger partial charge in [-0.05, 0) is 54.8 Å². The van der Waals surface area contributed by atoms with Crippen molar-refractivity contribution >= 4 is 35.8 Å². The maximum absolute atomic E-state index is 15.8. The fraction of sp³-hybridized carbons (Fsp3) is 0.458. The van der Waals surface area contributed by atoms with E-state index in [1.165, 1.54) is 26.2 Å². The van der Waals surface area contributed by atoms with E-state index in [0.717, 1.165) is 14.0 Å². The highest BCUT2D eigenvalue weighted by Gasteiger charge is 2.79. The smallest absolute Gasteiger partial charge is 0.456 e. The van der Waals surface area contributed by atoms with Gasteiger partial charge in [0.2, 0.25) is 0 Å². The maximum Gasteiger partial charge on any atom is 0.508 e. The largest absolute Gasteiger partial charge is 0.508 e. The van der Waals surface area contributed by atoms with Gasteiger partial charge < -0.3 is 48.7 Å². The zero-order valence-corrected chi connectivity index (χ0v) is 36.6. The first-order valence-corrected chi connectivity index (χ1v) is 21.0. The maximum atomic E-state index is 15.8. The van der Waals surface area contributed by atoms with Crippen molar-refractivity contribution in [3.8, 4) is 0 Å². The number of benzene rings is 3. The van der Waals surface area contributed by atoms with Crippen LogP contribution in [0.4, 0.5) is 4.79 Å². The second kappa shape index (κ2) is 17.6. The van der Waals surface area contributed by atoms with Gasteiger partial charge in [-0.3, -0.25) is 14.4 Å². The molecule has 3 aliphatic carbocycles. The number of esters is 3. The van der Waals surface area contributed by atoms with E-state index in [2.05, 4.69) is 5.32 Å². The van der Waals surface area contributed by atoms with E-state index in [-0.39, 0.29) is 35.3 Å². The minimum Gasteiger partial charge on any atom is -0.456 e. The molecular formula is C48H53NO15. The van der Waals surface area contributed by atoms with Crippen molar-refractivity contribution in [2.45, 2.75) is 101 Å². The molecular weight excluding hydrogens is 831 g/mol. The number of rotatable bonds is 11. The van der Waals surface area contributed by atoms with E-state index < -0.39 is 113 Å². The summed E-state index contributed by atoms with van der Waals surface area (Å²) in [5.74, 6) is -5.84. The van der Waals surface area contributed by atoms with Crippen LogP contribution in [0.3, 0.4) is 0 Å². The Balaban J connectivity index is 1.40. The summed E-state index contributed by atoms with van der Waals surface area (Å²) >= 11 is 0. The van der Waals surface area contributed by atoms with Gasteiger partial charge in [-0.2, -0.15) is 0 Å². The van der Waals surface area contributed by atoms with Crippen LogP contribution < -0.4 is 5.32 Å². The molecule has 1 heterocycles. The van der Waals surface area contributed by atoms with Crippen molar-refractivity contribution in [2.24, 2.45) is 16.7 Å². The average molecular weight is 884 g/mol. The molecule has 3 aromatic carbocycles. The van der Waals surface area contributed by atoms with Gasteiger partial charge in [0.1, 0.15) is 23.9 Å². The number of aliphatic hydroxyl groups excluding tert-OH is 1.